The van der Waals surface area contributed by atoms with Crippen LogP contribution in [-0.2, 0) is 0 Å². The molecule has 0 saturated carbocycles. The molecule has 0 aliphatic heterocycles. The molecule has 0 fully saturated rings. The van der Waals surface area contributed by atoms with Gasteiger partial charge in [-0.1, -0.05) is 0 Å². The minimum Gasteiger partial charge on any atom is -0.493 e. The van der Waals surface area contributed by atoms with Gasteiger partial charge in [0.1, 0.15) is 11.9 Å². The van der Waals surface area contributed by atoms with Gasteiger partial charge in [-0.2, -0.15) is 0 Å². The molecule has 0 aliphatic carbocycles. The standard InChI is InChI=1S/C12H18FNO4/c1-14-6-9(15)12(16)7-4-10(17-2)11(18-3)5-8(7)13/h4-5,9,12,14-16H,6H2,1-3H3. The van der Waals surface area contributed by atoms with E-state index in [4.69, 9.17) is 9.47 Å². The highest BCUT2D eigenvalue weighted by Gasteiger charge is 2.23. The van der Waals surface area contributed by atoms with Crippen LogP contribution < -0.4 is 14.8 Å². The van der Waals surface area contributed by atoms with Crippen molar-refractivity contribution in [2.75, 3.05) is 27.8 Å². The number of halogens is 1. The van der Waals surface area contributed by atoms with E-state index in [9.17, 15) is 14.6 Å². The second kappa shape index (κ2) is 6.53. The Kier molecular flexibility index (Phi) is 5.33. The molecule has 0 aromatic heterocycles. The van der Waals surface area contributed by atoms with Crippen LogP contribution in [-0.4, -0.2) is 44.1 Å². The van der Waals surface area contributed by atoms with E-state index in [0.29, 0.717) is 5.75 Å². The molecule has 1 rings (SSSR count). The zero-order valence-electron chi connectivity index (χ0n) is 10.6. The van der Waals surface area contributed by atoms with E-state index >= 15 is 0 Å². The molecule has 0 heterocycles. The van der Waals surface area contributed by atoms with Gasteiger partial charge in [0.25, 0.3) is 0 Å². The quantitative estimate of drug-likeness (QED) is 0.692. The fourth-order valence-corrected chi connectivity index (χ4v) is 1.62. The molecule has 2 unspecified atom stereocenters. The Morgan fingerprint density at radius 1 is 1.22 bits per heavy atom. The van der Waals surface area contributed by atoms with E-state index in [-0.39, 0.29) is 17.9 Å². The molecular formula is C12H18FNO4. The van der Waals surface area contributed by atoms with Crippen molar-refractivity contribution < 1.29 is 24.1 Å². The summed E-state index contributed by atoms with van der Waals surface area (Å²) in [5.41, 5.74) is -0.0320. The maximum atomic E-state index is 13.8. The van der Waals surface area contributed by atoms with Crippen LogP contribution in [0.1, 0.15) is 11.7 Å². The minimum absolute atomic E-state index is 0.0320. The first-order valence-electron chi connectivity index (χ1n) is 5.47. The number of aliphatic hydroxyl groups excluding tert-OH is 2. The van der Waals surface area contributed by atoms with Crippen LogP contribution in [0.5, 0.6) is 11.5 Å². The molecule has 18 heavy (non-hydrogen) atoms. The molecule has 5 nitrogen and oxygen atoms in total. The summed E-state index contributed by atoms with van der Waals surface area (Å²) in [7, 11) is 4.43. The van der Waals surface area contributed by atoms with Crippen molar-refractivity contribution in [1.29, 1.82) is 0 Å². The highest BCUT2D eigenvalue weighted by Crippen LogP contribution is 2.33. The first kappa shape index (κ1) is 14.7. The van der Waals surface area contributed by atoms with Crippen molar-refractivity contribution in [2.24, 2.45) is 0 Å². The zero-order chi connectivity index (χ0) is 13.7. The SMILES string of the molecule is CNCC(O)C(O)c1cc(OC)c(OC)cc1F. The average molecular weight is 259 g/mol. The number of hydrogen-bond acceptors (Lipinski definition) is 5. The van der Waals surface area contributed by atoms with Crippen LogP contribution >= 0.6 is 0 Å². The van der Waals surface area contributed by atoms with Gasteiger partial charge in [0.2, 0.25) is 0 Å². The summed E-state index contributed by atoms with van der Waals surface area (Å²) in [5, 5.41) is 22.2. The van der Waals surface area contributed by atoms with E-state index in [1.54, 1.807) is 7.05 Å². The number of nitrogens with one attached hydrogen (secondary N) is 1. The lowest BCUT2D eigenvalue weighted by Gasteiger charge is -2.19. The number of benzene rings is 1. The first-order chi connectivity index (χ1) is 8.54. The fourth-order valence-electron chi connectivity index (χ4n) is 1.62. The van der Waals surface area contributed by atoms with E-state index in [1.165, 1.54) is 20.3 Å². The number of likely N-dealkylation sites (N-methyl/N-ethyl adjacent to an activating group) is 1. The van der Waals surface area contributed by atoms with Crippen molar-refractivity contribution in [3.63, 3.8) is 0 Å². The van der Waals surface area contributed by atoms with E-state index in [0.717, 1.165) is 6.07 Å². The van der Waals surface area contributed by atoms with Crippen LogP contribution in [0.2, 0.25) is 0 Å². The van der Waals surface area contributed by atoms with Gasteiger partial charge in [0, 0.05) is 18.2 Å². The largest absolute Gasteiger partial charge is 0.493 e. The molecule has 1 aromatic rings. The normalized spacial score (nSPS) is 14.1. The first-order valence-corrected chi connectivity index (χ1v) is 5.47. The molecule has 0 amide bonds. The molecule has 102 valence electrons. The van der Waals surface area contributed by atoms with Crippen LogP contribution in [0.3, 0.4) is 0 Å². The van der Waals surface area contributed by atoms with Gasteiger partial charge in [0.05, 0.1) is 20.3 Å². The van der Waals surface area contributed by atoms with Crippen LogP contribution in [0, 0.1) is 5.82 Å². The summed E-state index contributed by atoms with van der Waals surface area (Å²) < 4.78 is 23.7. The minimum atomic E-state index is -1.34. The third kappa shape index (κ3) is 3.10. The van der Waals surface area contributed by atoms with Gasteiger partial charge < -0.3 is 25.0 Å². The molecular weight excluding hydrogens is 241 g/mol. The monoisotopic (exact) mass is 259 g/mol. The summed E-state index contributed by atoms with van der Waals surface area (Å²) in [5.74, 6) is -0.131. The maximum absolute atomic E-state index is 13.8. The van der Waals surface area contributed by atoms with Gasteiger partial charge in [-0.25, -0.2) is 4.39 Å². The number of rotatable bonds is 6. The van der Waals surface area contributed by atoms with Crippen LogP contribution in [0.15, 0.2) is 12.1 Å². The lowest BCUT2D eigenvalue weighted by Crippen LogP contribution is -2.30. The molecule has 0 radical (unpaired) electrons. The lowest BCUT2D eigenvalue weighted by molar-refractivity contribution is 0.0180. The Morgan fingerprint density at radius 2 is 1.78 bits per heavy atom. The zero-order valence-corrected chi connectivity index (χ0v) is 10.6. The van der Waals surface area contributed by atoms with Crippen LogP contribution in [0.4, 0.5) is 4.39 Å². The highest BCUT2D eigenvalue weighted by molar-refractivity contribution is 5.44. The van der Waals surface area contributed by atoms with E-state index in [2.05, 4.69) is 5.32 Å². The average Bonchev–Trinajstić information content (AvgIpc) is 2.37. The van der Waals surface area contributed by atoms with Gasteiger partial charge >= 0.3 is 0 Å². The Hall–Kier alpha value is -1.37. The van der Waals surface area contributed by atoms with Gasteiger partial charge in [0.15, 0.2) is 11.5 Å². The predicted molar refractivity (Wildman–Crippen MR) is 64.4 cm³/mol. The molecule has 6 heteroatoms. The Bertz CT molecular complexity index is 400. The molecule has 2 atom stereocenters. The second-order valence-corrected chi connectivity index (χ2v) is 3.80. The Balaban J connectivity index is 3.08. The summed E-state index contributed by atoms with van der Waals surface area (Å²) in [4.78, 5) is 0. The number of ether oxygens (including phenoxy) is 2. The van der Waals surface area contributed by atoms with E-state index < -0.39 is 18.0 Å². The maximum Gasteiger partial charge on any atom is 0.163 e. The molecule has 1 aromatic carbocycles. The highest BCUT2D eigenvalue weighted by atomic mass is 19.1. The summed E-state index contributed by atoms with van der Waals surface area (Å²) in [6.07, 6.45) is -2.44. The van der Waals surface area contributed by atoms with Crippen molar-refractivity contribution in [3.05, 3.63) is 23.5 Å². The molecule has 0 bridgehead atoms. The molecule has 0 saturated heterocycles. The van der Waals surface area contributed by atoms with Crippen molar-refractivity contribution in [2.45, 2.75) is 12.2 Å². The lowest BCUT2D eigenvalue weighted by atomic mass is 10.0. The van der Waals surface area contributed by atoms with E-state index in [1.807, 2.05) is 0 Å². The van der Waals surface area contributed by atoms with Gasteiger partial charge in [-0.15, -0.1) is 0 Å². The van der Waals surface area contributed by atoms with Gasteiger partial charge in [-0.05, 0) is 13.1 Å². The van der Waals surface area contributed by atoms with Gasteiger partial charge in [-0.3, -0.25) is 0 Å². The Labute approximate surface area is 105 Å². The summed E-state index contributed by atoms with van der Waals surface area (Å²) in [6.45, 7) is 0.148. The molecule has 3 N–H and O–H groups in total. The third-order valence-corrected chi connectivity index (χ3v) is 2.60. The molecule has 0 spiro atoms. The summed E-state index contributed by atoms with van der Waals surface area (Å²) >= 11 is 0. The predicted octanol–water partition coefficient (Wildman–Crippen LogP) is 0.457. The third-order valence-electron chi connectivity index (χ3n) is 2.60. The molecule has 0 aliphatic rings. The number of aliphatic hydroxyl groups is 2. The van der Waals surface area contributed by atoms with Crippen molar-refractivity contribution in [1.82, 2.24) is 5.32 Å². The fraction of sp³-hybridized carbons (Fsp3) is 0.500. The topological polar surface area (TPSA) is 71.0 Å². The van der Waals surface area contributed by atoms with Crippen molar-refractivity contribution in [3.8, 4) is 11.5 Å². The Morgan fingerprint density at radius 3 is 2.28 bits per heavy atom. The smallest absolute Gasteiger partial charge is 0.163 e. The van der Waals surface area contributed by atoms with Crippen molar-refractivity contribution >= 4 is 0 Å². The number of methoxy groups -OCH3 is 2. The number of hydrogen-bond donors (Lipinski definition) is 3. The summed E-state index contributed by atoms with van der Waals surface area (Å²) in [6, 6.07) is 2.43. The second-order valence-electron chi connectivity index (χ2n) is 3.80. The van der Waals surface area contributed by atoms with Crippen LogP contribution in [0.25, 0.3) is 0 Å².